The molecule has 66 heavy (non-hydrogen) atoms. The van der Waals surface area contributed by atoms with E-state index < -0.39 is 20.0 Å². The van der Waals surface area contributed by atoms with Gasteiger partial charge in [-0.05, 0) is 83.5 Å². The van der Waals surface area contributed by atoms with Gasteiger partial charge in [0.15, 0.2) is 0 Å². The summed E-state index contributed by atoms with van der Waals surface area (Å²) in [5, 5.41) is 13.7. The summed E-state index contributed by atoms with van der Waals surface area (Å²) in [7, 11) is 1.54. The van der Waals surface area contributed by atoms with Gasteiger partial charge in [0.25, 0.3) is 0 Å². The Morgan fingerprint density at radius 3 is 1.38 bits per heavy atom. The van der Waals surface area contributed by atoms with Crippen molar-refractivity contribution in [3.63, 3.8) is 0 Å². The SMILES string of the molecule is CC/C=C\C/C=C\C/C=C\C/C=C\C/C=C\C/C=C\C/C=C\CCCCCCCCCCCCCCCCCC(=O)NC(COP(=O)(O)OCC[N+](C)(C)C)C(O)/C=C/CC/C=C/CCC. The van der Waals surface area contributed by atoms with Gasteiger partial charge in [0.2, 0.25) is 5.91 Å². The van der Waals surface area contributed by atoms with Crippen molar-refractivity contribution < 1.29 is 32.9 Å². The fourth-order valence-corrected chi connectivity index (χ4v) is 7.60. The number of nitrogens with zero attached hydrogens (tertiary/aromatic N) is 1. The smallest absolute Gasteiger partial charge is 0.387 e. The second kappa shape index (κ2) is 47.2. The molecule has 9 heteroatoms. The number of likely N-dealkylation sites (N-methyl/N-ethyl adjacent to an activating group) is 1. The van der Waals surface area contributed by atoms with Gasteiger partial charge in [-0.15, -0.1) is 0 Å². The minimum Gasteiger partial charge on any atom is -0.387 e. The van der Waals surface area contributed by atoms with Gasteiger partial charge in [0, 0.05) is 6.42 Å². The van der Waals surface area contributed by atoms with Crippen LogP contribution >= 0.6 is 7.82 Å². The Bertz CT molecular complexity index is 1440. The number of hydrogen-bond donors (Lipinski definition) is 3. The summed E-state index contributed by atoms with van der Waals surface area (Å²) in [4.78, 5) is 23.1. The first-order chi connectivity index (χ1) is 32.0. The number of rotatable bonds is 46. The Morgan fingerprint density at radius 2 is 0.924 bits per heavy atom. The first-order valence-electron chi connectivity index (χ1n) is 26.3. The Morgan fingerprint density at radius 1 is 0.530 bits per heavy atom. The van der Waals surface area contributed by atoms with Crippen LogP contribution in [0.15, 0.2) is 109 Å². The summed E-state index contributed by atoms with van der Waals surface area (Å²) in [6.45, 7) is 4.55. The number of aliphatic hydroxyl groups excluding tert-OH is 1. The molecule has 0 aliphatic carbocycles. The van der Waals surface area contributed by atoms with Crippen LogP contribution in [0.5, 0.6) is 0 Å². The number of allylic oxidation sites excluding steroid dienone is 17. The third-order valence-corrected chi connectivity index (χ3v) is 11.9. The van der Waals surface area contributed by atoms with E-state index in [9.17, 15) is 19.4 Å². The lowest BCUT2D eigenvalue weighted by Crippen LogP contribution is -2.45. The average Bonchev–Trinajstić information content (AvgIpc) is 3.28. The molecule has 0 aromatic carbocycles. The quantitative estimate of drug-likeness (QED) is 0.0243. The molecule has 3 unspecified atom stereocenters. The number of hydrogen-bond acceptors (Lipinski definition) is 5. The van der Waals surface area contributed by atoms with Crippen molar-refractivity contribution in [1.82, 2.24) is 5.32 Å². The molecule has 0 aromatic heterocycles. The minimum absolute atomic E-state index is 0.0515. The van der Waals surface area contributed by atoms with Crippen molar-refractivity contribution in [2.45, 2.75) is 206 Å². The number of nitrogens with one attached hydrogen (secondary N) is 1. The van der Waals surface area contributed by atoms with Crippen LogP contribution in [-0.4, -0.2) is 73.4 Å². The highest BCUT2D eigenvalue weighted by molar-refractivity contribution is 7.47. The Hall–Kier alpha value is -2.84. The zero-order valence-corrected chi connectivity index (χ0v) is 43.8. The van der Waals surface area contributed by atoms with Crippen LogP contribution in [0.4, 0.5) is 0 Å². The number of amides is 1. The van der Waals surface area contributed by atoms with Gasteiger partial charge in [-0.25, -0.2) is 4.57 Å². The fraction of sp³-hybridized carbons (Fsp3) is 0.667. The van der Waals surface area contributed by atoms with Crippen molar-refractivity contribution in [2.24, 2.45) is 0 Å². The third kappa shape index (κ3) is 49.1. The van der Waals surface area contributed by atoms with Gasteiger partial charge < -0.3 is 19.8 Å². The van der Waals surface area contributed by atoms with Crippen LogP contribution in [0.1, 0.15) is 194 Å². The average molecular weight is 940 g/mol. The van der Waals surface area contributed by atoms with E-state index in [1.54, 1.807) is 6.08 Å². The van der Waals surface area contributed by atoms with Crippen molar-refractivity contribution >= 4 is 13.7 Å². The van der Waals surface area contributed by atoms with Crippen LogP contribution in [-0.2, 0) is 18.4 Å². The molecule has 0 radical (unpaired) electrons. The molecule has 3 atom stereocenters. The first kappa shape index (κ1) is 63.2. The summed E-state index contributed by atoms with van der Waals surface area (Å²) in [5.41, 5.74) is 0. The summed E-state index contributed by atoms with van der Waals surface area (Å²) in [5.74, 6) is -0.196. The fourth-order valence-electron chi connectivity index (χ4n) is 6.87. The van der Waals surface area contributed by atoms with Gasteiger partial charge in [0.1, 0.15) is 13.2 Å². The summed E-state index contributed by atoms with van der Waals surface area (Å²) in [6, 6.07) is -0.865. The van der Waals surface area contributed by atoms with Crippen LogP contribution in [0.3, 0.4) is 0 Å². The van der Waals surface area contributed by atoms with E-state index >= 15 is 0 Å². The molecule has 0 rings (SSSR count). The Balaban J connectivity index is 3.92. The summed E-state index contributed by atoms with van der Waals surface area (Å²) in [6.07, 6.45) is 69.4. The van der Waals surface area contributed by atoms with Crippen molar-refractivity contribution in [2.75, 3.05) is 40.9 Å². The normalized spacial score (nSPS) is 15.0. The Labute approximate surface area is 406 Å². The molecule has 0 aromatic rings. The van der Waals surface area contributed by atoms with Gasteiger partial charge in [-0.1, -0.05) is 213 Å². The van der Waals surface area contributed by atoms with Gasteiger partial charge in [-0.3, -0.25) is 13.8 Å². The monoisotopic (exact) mass is 940 g/mol. The molecule has 0 saturated heterocycles. The zero-order valence-electron chi connectivity index (χ0n) is 42.9. The number of carbonyl (C=O) groups is 1. The van der Waals surface area contributed by atoms with E-state index in [2.05, 4.69) is 116 Å². The molecule has 0 aliphatic rings. The lowest BCUT2D eigenvalue weighted by atomic mass is 10.0. The predicted octanol–water partition coefficient (Wildman–Crippen LogP) is 15.6. The van der Waals surface area contributed by atoms with Gasteiger partial charge in [-0.2, -0.15) is 0 Å². The summed E-state index contributed by atoms with van der Waals surface area (Å²) >= 11 is 0. The maximum Gasteiger partial charge on any atom is 0.472 e. The molecule has 8 nitrogen and oxygen atoms in total. The van der Waals surface area contributed by atoms with Crippen LogP contribution in [0, 0.1) is 0 Å². The van der Waals surface area contributed by atoms with Crippen molar-refractivity contribution in [3.05, 3.63) is 109 Å². The lowest BCUT2D eigenvalue weighted by Gasteiger charge is -2.25. The van der Waals surface area contributed by atoms with Crippen LogP contribution in [0.2, 0.25) is 0 Å². The zero-order chi connectivity index (χ0) is 48.5. The molecule has 3 N–H and O–H groups in total. The van der Waals surface area contributed by atoms with E-state index in [4.69, 9.17) is 9.05 Å². The molecule has 1 amide bonds. The largest absolute Gasteiger partial charge is 0.472 e. The van der Waals surface area contributed by atoms with Crippen LogP contribution in [0.25, 0.3) is 0 Å². The number of unbranched alkanes of at least 4 members (excludes halogenated alkanes) is 17. The molecule has 0 heterocycles. The molecule has 378 valence electrons. The van der Waals surface area contributed by atoms with Gasteiger partial charge >= 0.3 is 7.82 Å². The van der Waals surface area contributed by atoms with E-state index in [0.717, 1.165) is 89.9 Å². The van der Waals surface area contributed by atoms with E-state index in [0.29, 0.717) is 17.4 Å². The third-order valence-electron chi connectivity index (χ3n) is 11.0. The lowest BCUT2D eigenvalue weighted by molar-refractivity contribution is -0.870. The second-order valence-electron chi connectivity index (χ2n) is 18.5. The minimum atomic E-state index is -4.34. The molecule has 0 saturated carbocycles. The number of phosphoric acid groups is 1. The number of phosphoric ester groups is 1. The first-order valence-corrected chi connectivity index (χ1v) is 27.8. The van der Waals surface area contributed by atoms with Crippen LogP contribution < -0.4 is 5.32 Å². The molecular formula is C57H100N2O6P+. The van der Waals surface area contributed by atoms with Crippen molar-refractivity contribution in [1.29, 1.82) is 0 Å². The maximum absolute atomic E-state index is 12.8. The molecule has 0 spiro atoms. The predicted molar refractivity (Wildman–Crippen MR) is 285 cm³/mol. The van der Waals surface area contributed by atoms with Gasteiger partial charge in [0.05, 0.1) is 39.9 Å². The highest BCUT2D eigenvalue weighted by Gasteiger charge is 2.27. The van der Waals surface area contributed by atoms with E-state index in [1.165, 1.54) is 83.5 Å². The topological polar surface area (TPSA) is 105 Å². The standard InChI is InChI=1S/C57H99N2O6P/c1-6-8-10-12-14-15-16-17-18-19-20-21-22-23-24-25-26-27-28-29-30-31-32-33-34-35-36-37-38-39-40-41-42-43-45-47-49-51-57(61)58-55(56(60)50-48-46-44-13-11-9-7-2)54-65-66(62,63)64-53-52-59(3,4)5/h8,10-11,13-15,17-18,20-21,23-24,26-27,29-30,48,50,55-56,60H,6-7,9,12,16,19,22,25,28,31-47,49,51-54H2,1-5H3,(H-,58,61,62,63)/p+1/b10-8-,13-11+,15-14-,18-17-,21-20-,24-23-,27-26-,30-29-,50-48+. The number of carbonyl (C=O) groups excluding carboxylic acids is 1. The summed E-state index contributed by atoms with van der Waals surface area (Å²) < 4.78 is 23.4. The number of quaternary nitrogens is 1. The highest BCUT2D eigenvalue weighted by Crippen LogP contribution is 2.43. The highest BCUT2D eigenvalue weighted by atomic mass is 31.2. The molecular weight excluding hydrogens is 840 g/mol. The molecule has 0 bridgehead atoms. The van der Waals surface area contributed by atoms with E-state index in [1.807, 2.05) is 27.2 Å². The molecule has 0 fully saturated rings. The number of aliphatic hydroxyl groups is 1. The molecule has 0 aliphatic heterocycles. The van der Waals surface area contributed by atoms with Crippen molar-refractivity contribution in [3.8, 4) is 0 Å². The Kier molecular flexibility index (Phi) is 45.2. The second-order valence-corrected chi connectivity index (χ2v) is 20.0. The maximum atomic E-state index is 12.8. The van der Waals surface area contributed by atoms with E-state index in [-0.39, 0.29) is 19.1 Å².